The van der Waals surface area contributed by atoms with E-state index in [0.29, 0.717) is 12.1 Å². The molecular formula is C22H23N3O5. The number of likely N-dealkylation sites (N-methyl/N-ethyl adjacent to an activating group) is 1. The van der Waals surface area contributed by atoms with Crippen molar-refractivity contribution in [1.82, 2.24) is 15.5 Å². The molecule has 1 aliphatic rings. The summed E-state index contributed by atoms with van der Waals surface area (Å²) in [5.74, 6) is -1.54. The van der Waals surface area contributed by atoms with Gasteiger partial charge in [-0.25, -0.2) is 9.59 Å². The van der Waals surface area contributed by atoms with Crippen molar-refractivity contribution in [2.75, 3.05) is 7.05 Å². The van der Waals surface area contributed by atoms with E-state index in [1.165, 1.54) is 24.0 Å². The molecule has 1 aliphatic heterocycles. The molecule has 1 saturated heterocycles. The molecule has 2 atom stereocenters. The number of nitrogens with zero attached hydrogens (tertiary/aromatic N) is 1. The number of hydrogen-bond acceptors (Lipinski definition) is 5. The van der Waals surface area contributed by atoms with E-state index in [-0.39, 0.29) is 11.5 Å². The second kappa shape index (κ2) is 8.36. The minimum atomic E-state index is -1.29. The van der Waals surface area contributed by atoms with Gasteiger partial charge in [-0.3, -0.25) is 14.9 Å². The topological polar surface area (TPSA) is 105 Å². The molecule has 0 unspecified atom stereocenters. The first-order chi connectivity index (χ1) is 14.2. The lowest BCUT2D eigenvalue weighted by Crippen LogP contribution is -2.40. The van der Waals surface area contributed by atoms with E-state index >= 15 is 0 Å². The van der Waals surface area contributed by atoms with Crippen LogP contribution in [0.25, 0.3) is 0 Å². The molecule has 0 spiro atoms. The first kappa shape index (κ1) is 21.0. The highest BCUT2D eigenvalue weighted by atomic mass is 16.5. The molecule has 1 fully saturated rings. The highest BCUT2D eigenvalue weighted by molar-refractivity contribution is 6.07. The van der Waals surface area contributed by atoms with Gasteiger partial charge in [-0.2, -0.15) is 0 Å². The van der Waals surface area contributed by atoms with Crippen LogP contribution in [0, 0.1) is 0 Å². The Balaban J connectivity index is 1.67. The van der Waals surface area contributed by atoms with Crippen LogP contribution in [0.2, 0.25) is 0 Å². The minimum absolute atomic E-state index is 0.174. The highest BCUT2D eigenvalue weighted by Gasteiger charge is 2.43. The second-order valence-electron chi connectivity index (χ2n) is 7.34. The van der Waals surface area contributed by atoms with Crippen molar-refractivity contribution in [3.05, 3.63) is 71.3 Å². The van der Waals surface area contributed by atoms with Crippen LogP contribution in [-0.4, -0.2) is 41.9 Å². The lowest BCUT2D eigenvalue weighted by Gasteiger charge is -2.23. The molecule has 30 heavy (non-hydrogen) atoms. The summed E-state index contributed by atoms with van der Waals surface area (Å²) in [5.41, 5.74) is 0.281. The largest absolute Gasteiger partial charge is 0.449 e. The van der Waals surface area contributed by atoms with Gasteiger partial charge in [0.15, 0.2) is 6.10 Å². The van der Waals surface area contributed by atoms with Crippen molar-refractivity contribution in [2.24, 2.45) is 0 Å². The summed E-state index contributed by atoms with van der Waals surface area (Å²) in [6, 6.07) is 15.1. The van der Waals surface area contributed by atoms with Crippen LogP contribution in [0.1, 0.15) is 35.3 Å². The number of ether oxygens (including phenoxy) is 1. The zero-order valence-electron chi connectivity index (χ0n) is 17.0. The molecule has 8 heteroatoms. The van der Waals surface area contributed by atoms with Crippen molar-refractivity contribution in [3.8, 4) is 0 Å². The monoisotopic (exact) mass is 409 g/mol. The van der Waals surface area contributed by atoms with E-state index in [1.54, 1.807) is 26.1 Å². The third kappa shape index (κ3) is 4.32. The Morgan fingerprint density at radius 1 is 1.10 bits per heavy atom. The normalized spacial score (nSPS) is 18.9. The summed E-state index contributed by atoms with van der Waals surface area (Å²) in [6.45, 7) is 3.45. The molecule has 2 aromatic carbocycles. The molecule has 2 N–H and O–H groups in total. The molecule has 0 radical (unpaired) electrons. The molecule has 1 heterocycles. The fourth-order valence-electron chi connectivity index (χ4n) is 3.23. The minimum Gasteiger partial charge on any atom is -0.449 e. The van der Waals surface area contributed by atoms with E-state index in [0.717, 1.165) is 5.56 Å². The number of benzene rings is 2. The van der Waals surface area contributed by atoms with Crippen LogP contribution >= 0.6 is 0 Å². The Bertz CT molecular complexity index is 991. The van der Waals surface area contributed by atoms with E-state index in [9.17, 15) is 19.2 Å². The number of esters is 1. The number of imide groups is 1. The van der Waals surface area contributed by atoms with Gasteiger partial charge < -0.3 is 15.0 Å². The fraction of sp³-hybridized carbons (Fsp3) is 0.273. The number of nitrogens with one attached hydrogen (secondary N) is 2. The van der Waals surface area contributed by atoms with E-state index in [2.05, 4.69) is 10.6 Å². The van der Waals surface area contributed by atoms with Crippen LogP contribution in [0.4, 0.5) is 4.79 Å². The van der Waals surface area contributed by atoms with Gasteiger partial charge in [-0.15, -0.1) is 0 Å². The highest BCUT2D eigenvalue weighted by Crippen LogP contribution is 2.25. The summed E-state index contributed by atoms with van der Waals surface area (Å²) in [7, 11) is 1.64. The van der Waals surface area contributed by atoms with Gasteiger partial charge in [0.05, 0.1) is 5.56 Å². The number of hydrogen-bond donors (Lipinski definition) is 2. The Morgan fingerprint density at radius 3 is 2.43 bits per heavy atom. The van der Waals surface area contributed by atoms with Crippen LogP contribution in [0.15, 0.2) is 54.6 Å². The molecule has 0 aromatic heterocycles. The standard InChI is InChI=1S/C22H23N3O5/c1-14(18(26)25(3)13-15-8-5-4-6-9-15)30-19(27)16-10-7-11-17(12-16)22(2)20(28)23-21(29)24-22/h4-12,14H,13H2,1-3H3,(H2,23,24,28,29)/t14-,22+/m1/s1. The third-order valence-corrected chi connectivity index (χ3v) is 4.99. The van der Waals surface area contributed by atoms with Crippen molar-refractivity contribution < 1.29 is 23.9 Å². The summed E-state index contributed by atoms with van der Waals surface area (Å²) in [4.78, 5) is 50.3. The summed E-state index contributed by atoms with van der Waals surface area (Å²) >= 11 is 0. The number of amides is 4. The lowest BCUT2D eigenvalue weighted by molar-refractivity contribution is -0.139. The first-order valence-corrected chi connectivity index (χ1v) is 9.45. The second-order valence-corrected chi connectivity index (χ2v) is 7.34. The van der Waals surface area contributed by atoms with Crippen LogP contribution in [0.5, 0.6) is 0 Å². The predicted molar refractivity (Wildman–Crippen MR) is 108 cm³/mol. The maximum absolute atomic E-state index is 12.6. The van der Waals surface area contributed by atoms with Gasteiger partial charge in [0, 0.05) is 13.6 Å². The fourth-order valence-corrected chi connectivity index (χ4v) is 3.23. The SMILES string of the molecule is C[C@@H](OC(=O)c1cccc([C@]2(C)NC(=O)NC2=O)c1)C(=O)N(C)Cc1ccccc1. The molecule has 0 aliphatic carbocycles. The van der Waals surface area contributed by atoms with Gasteiger partial charge in [0.1, 0.15) is 5.54 Å². The molecule has 3 rings (SSSR count). The molecule has 156 valence electrons. The van der Waals surface area contributed by atoms with Gasteiger partial charge >= 0.3 is 12.0 Å². The lowest BCUT2D eigenvalue weighted by atomic mass is 9.91. The Kier molecular flexibility index (Phi) is 5.86. The van der Waals surface area contributed by atoms with Crippen LogP contribution in [0.3, 0.4) is 0 Å². The average molecular weight is 409 g/mol. The molecule has 0 bridgehead atoms. The molecule has 4 amide bonds. The third-order valence-electron chi connectivity index (χ3n) is 4.99. The Hall–Kier alpha value is -3.68. The predicted octanol–water partition coefficient (Wildman–Crippen LogP) is 1.95. The van der Waals surface area contributed by atoms with Gasteiger partial charge in [0.2, 0.25) is 0 Å². The van der Waals surface area contributed by atoms with E-state index < -0.39 is 29.6 Å². The van der Waals surface area contributed by atoms with Gasteiger partial charge in [0.25, 0.3) is 11.8 Å². The van der Waals surface area contributed by atoms with Gasteiger partial charge in [-0.1, -0.05) is 42.5 Å². The first-order valence-electron chi connectivity index (χ1n) is 9.45. The van der Waals surface area contributed by atoms with Crippen molar-refractivity contribution in [2.45, 2.75) is 32.0 Å². The molecular weight excluding hydrogens is 386 g/mol. The summed E-state index contributed by atoms with van der Waals surface area (Å²) in [6.07, 6.45) is -0.986. The zero-order chi connectivity index (χ0) is 21.9. The number of carbonyl (C=O) groups is 4. The summed E-state index contributed by atoms with van der Waals surface area (Å²) in [5, 5.41) is 4.73. The van der Waals surface area contributed by atoms with Crippen LogP contribution < -0.4 is 10.6 Å². The zero-order valence-corrected chi connectivity index (χ0v) is 17.0. The summed E-state index contributed by atoms with van der Waals surface area (Å²) < 4.78 is 5.34. The maximum Gasteiger partial charge on any atom is 0.338 e. The van der Waals surface area contributed by atoms with Gasteiger partial charge in [-0.05, 0) is 37.1 Å². The smallest absolute Gasteiger partial charge is 0.338 e. The number of urea groups is 1. The Labute approximate surface area is 174 Å². The van der Waals surface area contributed by atoms with Crippen molar-refractivity contribution in [1.29, 1.82) is 0 Å². The number of rotatable bonds is 6. The molecule has 8 nitrogen and oxygen atoms in total. The maximum atomic E-state index is 12.6. The molecule has 2 aromatic rings. The van der Waals surface area contributed by atoms with Crippen molar-refractivity contribution in [3.63, 3.8) is 0 Å². The average Bonchev–Trinajstić information content (AvgIpc) is 3.00. The molecule has 0 saturated carbocycles. The van der Waals surface area contributed by atoms with E-state index in [1.807, 2.05) is 30.3 Å². The van der Waals surface area contributed by atoms with E-state index in [4.69, 9.17) is 4.74 Å². The van der Waals surface area contributed by atoms with Crippen LogP contribution in [-0.2, 0) is 26.4 Å². The quantitative estimate of drug-likeness (QED) is 0.560. The Morgan fingerprint density at radius 2 is 1.80 bits per heavy atom. The van der Waals surface area contributed by atoms with Crippen molar-refractivity contribution >= 4 is 23.8 Å². The number of carbonyl (C=O) groups excluding carboxylic acids is 4.